The molecule has 0 unspecified atom stereocenters. The second kappa shape index (κ2) is 9.54. The van der Waals surface area contributed by atoms with Crippen molar-refractivity contribution in [1.29, 1.82) is 0 Å². The zero-order chi connectivity index (χ0) is 18.2. The molecule has 7 nitrogen and oxygen atoms in total. The predicted octanol–water partition coefficient (Wildman–Crippen LogP) is 1.77. The van der Waals surface area contributed by atoms with E-state index < -0.39 is 0 Å². The van der Waals surface area contributed by atoms with Gasteiger partial charge >= 0.3 is 6.03 Å². The van der Waals surface area contributed by atoms with Crippen LogP contribution in [0.2, 0.25) is 0 Å². The van der Waals surface area contributed by atoms with Crippen LogP contribution in [0.4, 0.5) is 10.5 Å². The number of morpholine rings is 1. The van der Waals surface area contributed by atoms with E-state index in [0.29, 0.717) is 17.8 Å². The molecule has 0 spiro atoms. The number of nitrogens with one attached hydrogen (secondary N) is 2. The van der Waals surface area contributed by atoms with Crippen molar-refractivity contribution in [1.82, 2.24) is 15.1 Å². The molecule has 2 heterocycles. The number of nitrogens with zero attached hydrogens (tertiary/aromatic N) is 2. The number of rotatable bonds is 6. The summed E-state index contributed by atoms with van der Waals surface area (Å²) in [4.78, 5) is 28.7. The van der Waals surface area contributed by atoms with Gasteiger partial charge in [-0.25, -0.2) is 4.79 Å². The lowest BCUT2D eigenvalue weighted by atomic mass is 10.2. The van der Waals surface area contributed by atoms with Gasteiger partial charge in [-0.15, -0.1) is 0 Å². The van der Waals surface area contributed by atoms with Crippen molar-refractivity contribution in [3.63, 3.8) is 0 Å². The van der Waals surface area contributed by atoms with Gasteiger partial charge in [0, 0.05) is 44.0 Å². The number of anilines is 1. The van der Waals surface area contributed by atoms with Crippen LogP contribution in [0.1, 0.15) is 29.6 Å². The number of urea groups is 1. The summed E-state index contributed by atoms with van der Waals surface area (Å²) in [6.07, 6.45) is 3.04. The van der Waals surface area contributed by atoms with Gasteiger partial charge in [0.2, 0.25) is 0 Å². The maximum absolute atomic E-state index is 12.4. The molecule has 1 aromatic carbocycles. The lowest BCUT2D eigenvalue weighted by molar-refractivity contribution is 0.0375. The Morgan fingerprint density at radius 2 is 1.85 bits per heavy atom. The van der Waals surface area contributed by atoms with Gasteiger partial charge in [0.1, 0.15) is 0 Å². The Labute approximate surface area is 154 Å². The molecule has 2 fully saturated rings. The third-order valence-corrected chi connectivity index (χ3v) is 4.80. The van der Waals surface area contributed by atoms with E-state index in [9.17, 15) is 9.59 Å². The molecule has 2 aliphatic heterocycles. The van der Waals surface area contributed by atoms with Crippen molar-refractivity contribution < 1.29 is 14.3 Å². The number of carbonyl (C=O) groups excluding carboxylic acids is 2. The summed E-state index contributed by atoms with van der Waals surface area (Å²) in [6, 6.07) is 6.91. The molecule has 26 heavy (non-hydrogen) atoms. The van der Waals surface area contributed by atoms with Gasteiger partial charge in [0.25, 0.3) is 5.91 Å². The van der Waals surface area contributed by atoms with Crippen LogP contribution < -0.4 is 10.6 Å². The molecule has 0 atom stereocenters. The first-order valence-electron chi connectivity index (χ1n) is 9.47. The first kappa shape index (κ1) is 18.7. The van der Waals surface area contributed by atoms with Gasteiger partial charge in [-0.3, -0.25) is 9.69 Å². The topological polar surface area (TPSA) is 73.9 Å². The van der Waals surface area contributed by atoms with Crippen molar-refractivity contribution >= 4 is 17.6 Å². The molecule has 1 aromatic rings. The van der Waals surface area contributed by atoms with Crippen LogP contribution >= 0.6 is 0 Å². The quantitative estimate of drug-likeness (QED) is 0.758. The maximum atomic E-state index is 12.4. The molecular formula is C19H28N4O3. The first-order valence-corrected chi connectivity index (χ1v) is 9.47. The molecule has 0 bridgehead atoms. The highest BCUT2D eigenvalue weighted by atomic mass is 16.5. The SMILES string of the molecule is O=C(NCCCN1CCOCC1)Nc1cccc(C(=O)N2CCCC2)c1. The van der Waals surface area contributed by atoms with Crippen LogP contribution in [-0.2, 0) is 4.74 Å². The van der Waals surface area contributed by atoms with Gasteiger partial charge in [0.15, 0.2) is 0 Å². The Bertz CT molecular complexity index is 611. The monoisotopic (exact) mass is 360 g/mol. The highest BCUT2D eigenvalue weighted by Crippen LogP contribution is 2.16. The van der Waals surface area contributed by atoms with Crippen molar-refractivity contribution in [2.45, 2.75) is 19.3 Å². The van der Waals surface area contributed by atoms with E-state index in [-0.39, 0.29) is 11.9 Å². The standard InChI is InChI=1S/C19H28N4O3/c24-18(23-9-1-2-10-23)16-5-3-6-17(15-16)21-19(25)20-7-4-8-22-11-13-26-14-12-22/h3,5-6,15H,1-2,4,7-14H2,(H2,20,21,25). The number of likely N-dealkylation sites (tertiary alicyclic amines) is 1. The van der Waals surface area contributed by atoms with E-state index >= 15 is 0 Å². The van der Waals surface area contributed by atoms with Crippen molar-refractivity contribution in [3.8, 4) is 0 Å². The van der Waals surface area contributed by atoms with E-state index in [1.165, 1.54) is 0 Å². The number of hydrogen-bond donors (Lipinski definition) is 2. The van der Waals surface area contributed by atoms with Gasteiger partial charge in [-0.05, 0) is 44.0 Å². The number of carbonyl (C=O) groups is 2. The summed E-state index contributed by atoms with van der Waals surface area (Å²) in [5, 5.41) is 5.68. The molecule has 2 aliphatic rings. The average Bonchev–Trinajstić information content (AvgIpc) is 3.20. The van der Waals surface area contributed by atoms with Crippen LogP contribution in [0.25, 0.3) is 0 Å². The molecule has 3 rings (SSSR count). The zero-order valence-corrected chi connectivity index (χ0v) is 15.2. The highest BCUT2D eigenvalue weighted by Gasteiger charge is 2.19. The molecule has 0 saturated carbocycles. The summed E-state index contributed by atoms with van der Waals surface area (Å²) < 4.78 is 5.32. The average molecular weight is 360 g/mol. The molecule has 2 N–H and O–H groups in total. The van der Waals surface area contributed by atoms with Crippen molar-refractivity contribution in [2.75, 3.05) is 57.8 Å². The number of ether oxygens (including phenoxy) is 1. The maximum Gasteiger partial charge on any atom is 0.319 e. The Balaban J connectivity index is 1.40. The molecule has 0 aromatic heterocycles. The second-order valence-corrected chi connectivity index (χ2v) is 6.77. The van der Waals surface area contributed by atoms with Gasteiger partial charge in [-0.1, -0.05) is 6.07 Å². The van der Waals surface area contributed by atoms with E-state index in [0.717, 1.165) is 65.2 Å². The highest BCUT2D eigenvalue weighted by molar-refractivity contribution is 5.97. The zero-order valence-electron chi connectivity index (χ0n) is 15.2. The van der Waals surface area contributed by atoms with Crippen LogP contribution in [0, 0.1) is 0 Å². The number of benzene rings is 1. The third kappa shape index (κ3) is 5.44. The molecule has 0 aliphatic carbocycles. The van der Waals surface area contributed by atoms with Crippen LogP contribution in [0.3, 0.4) is 0 Å². The lowest BCUT2D eigenvalue weighted by Crippen LogP contribution is -2.38. The first-order chi connectivity index (χ1) is 12.7. The summed E-state index contributed by atoms with van der Waals surface area (Å²) in [5.74, 6) is 0.0390. The van der Waals surface area contributed by atoms with Crippen LogP contribution in [-0.4, -0.2) is 74.2 Å². The Hall–Kier alpha value is -2.12. The minimum Gasteiger partial charge on any atom is -0.379 e. The smallest absolute Gasteiger partial charge is 0.319 e. The predicted molar refractivity (Wildman–Crippen MR) is 100 cm³/mol. The number of hydrogen-bond acceptors (Lipinski definition) is 4. The Morgan fingerprint density at radius 1 is 1.08 bits per heavy atom. The summed E-state index contributed by atoms with van der Waals surface area (Å²) in [7, 11) is 0. The lowest BCUT2D eigenvalue weighted by Gasteiger charge is -2.26. The fraction of sp³-hybridized carbons (Fsp3) is 0.579. The second-order valence-electron chi connectivity index (χ2n) is 6.77. The Kier molecular flexibility index (Phi) is 6.85. The van der Waals surface area contributed by atoms with E-state index in [1.54, 1.807) is 24.3 Å². The summed E-state index contributed by atoms with van der Waals surface area (Å²) in [6.45, 7) is 6.73. The van der Waals surface area contributed by atoms with E-state index in [2.05, 4.69) is 15.5 Å². The fourth-order valence-electron chi connectivity index (χ4n) is 3.34. The molecule has 0 radical (unpaired) electrons. The van der Waals surface area contributed by atoms with Crippen molar-refractivity contribution in [2.24, 2.45) is 0 Å². The fourth-order valence-corrected chi connectivity index (χ4v) is 3.34. The molecule has 142 valence electrons. The van der Waals surface area contributed by atoms with Gasteiger partial charge in [0.05, 0.1) is 13.2 Å². The summed E-state index contributed by atoms with van der Waals surface area (Å²) >= 11 is 0. The molecule has 2 saturated heterocycles. The molecular weight excluding hydrogens is 332 g/mol. The number of amides is 3. The van der Waals surface area contributed by atoms with Crippen LogP contribution in [0.5, 0.6) is 0 Å². The molecule has 7 heteroatoms. The normalized spacial score (nSPS) is 17.9. The minimum absolute atomic E-state index is 0.0390. The van der Waals surface area contributed by atoms with Gasteiger partial charge < -0.3 is 20.3 Å². The third-order valence-electron chi connectivity index (χ3n) is 4.80. The minimum atomic E-state index is -0.238. The van der Waals surface area contributed by atoms with E-state index in [4.69, 9.17) is 4.74 Å². The molecule has 3 amide bonds. The Morgan fingerprint density at radius 3 is 2.62 bits per heavy atom. The van der Waals surface area contributed by atoms with E-state index in [1.807, 2.05) is 4.90 Å². The largest absolute Gasteiger partial charge is 0.379 e. The van der Waals surface area contributed by atoms with Crippen molar-refractivity contribution in [3.05, 3.63) is 29.8 Å². The van der Waals surface area contributed by atoms with Crippen LogP contribution in [0.15, 0.2) is 24.3 Å². The van der Waals surface area contributed by atoms with Gasteiger partial charge in [-0.2, -0.15) is 0 Å². The summed E-state index contributed by atoms with van der Waals surface area (Å²) in [5.41, 5.74) is 1.26.